The van der Waals surface area contributed by atoms with Crippen molar-refractivity contribution in [1.29, 1.82) is 0 Å². The third kappa shape index (κ3) is 3.79. The van der Waals surface area contributed by atoms with E-state index in [1.807, 2.05) is 28.3 Å². The second-order valence-corrected chi connectivity index (χ2v) is 7.52. The van der Waals surface area contributed by atoms with E-state index in [0.29, 0.717) is 17.1 Å². The van der Waals surface area contributed by atoms with Gasteiger partial charge in [-0.3, -0.25) is 9.69 Å². The van der Waals surface area contributed by atoms with Gasteiger partial charge in [-0.1, -0.05) is 23.7 Å². The summed E-state index contributed by atoms with van der Waals surface area (Å²) in [5.41, 5.74) is 0.436. The van der Waals surface area contributed by atoms with E-state index >= 15 is 0 Å². The van der Waals surface area contributed by atoms with Gasteiger partial charge in [-0.25, -0.2) is 4.39 Å². The van der Waals surface area contributed by atoms with Crippen molar-refractivity contribution in [2.24, 2.45) is 0 Å². The van der Waals surface area contributed by atoms with Crippen LogP contribution < -0.4 is 0 Å². The standard InChI is InChI=1S/C18H20ClFN2OS/c1-21(11-13-14(19)5-2-6-15(13)20)12-18(23)22-9-3-7-16(22)17-8-4-10-24-17/h2,4-6,8,10,16H,3,7,9,11-12H2,1H3/t16-/m1/s1. The number of hydrogen-bond acceptors (Lipinski definition) is 3. The highest BCUT2D eigenvalue weighted by atomic mass is 35.5. The maximum Gasteiger partial charge on any atom is 0.237 e. The van der Waals surface area contributed by atoms with Crippen LogP contribution in [-0.4, -0.2) is 35.8 Å². The summed E-state index contributed by atoms with van der Waals surface area (Å²) in [7, 11) is 1.82. The Morgan fingerprint density at radius 2 is 2.25 bits per heavy atom. The molecule has 0 radical (unpaired) electrons. The Bertz CT molecular complexity index is 687. The van der Waals surface area contributed by atoms with Crippen molar-refractivity contribution in [3.8, 4) is 0 Å². The van der Waals surface area contributed by atoms with Crippen LogP contribution in [-0.2, 0) is 11.3 Å². The average Bonchev–Trinajstić information content (AvgIpc) is 3.21. The number of nitrogens with zero attached hydrogens (tertiary/aromatic N) is 2. The molecule has 1 fully saturated rings. The SMILES string of the molecule is CN(CC(=O)N1CCC[C@@H]1c1cccs1)Cc1c(F)cccc1Cl. The molecule has 0 aliphatic carbocycles. The number of likely N-dealkylation sites (N-methyl/N-ethyl adjacent to an activating group) is 1. The van der Waals surface area contributed by atoms with Crippen molar-refractivity contribution in [1.82, 2.24) is 9.80 Å². The molecule has 2 heterocycles. The predicted octanol–water partition coefficient (Wildman–Crippen LogP) is 4.34. The van der Waals surface area contributed by atoms with E-state index in [2.05, 4.69) is 6.07 Å². The molecule has 1 amide bonds. The topological polar surface area (TPSA) is 23.6 Å². The molecule has 128 valence electrons. The van der Waals surface area contributed by atoms with Crippen molar-refractivity contribution in [3.05, 3.63) is 57.0 Å². The zero-order valence-corrected chi connectivity index (χ0v) is 15.1. The molecule has 1 aliphatic heterocycles. The minimum absolute atomic E-state index is 0.0841. The van der Waals surface area contributed by atoms with Crippen molar-refractivity contribution >= 4 is 28.8 Å². The molecule has 0 bridgehead atoms. The molecule has 1 aromatic carbocycles. The second kappa shape index (κ2) is 7.64. The quantitative estimate of drug-likeness (QED) is 0.786. The Kier molecular flexibility index (Phi) is 5.54. The fourth-order valence-electron chi connectivity index (χ4n) is 3.17. The first kappa shape index (κ1) is 17.4. The first-order valence-corrected chi connectivity index (χ1v) is 9.26. The minimum atomic E-state index is -0.334. The molecule has 0 saturated carbocycles. The van der Waals surface area contributed by atoms with Gasteiger partial charge in [-0.05, 0) is 43.5 Å². The molecule has 3 nitrogen and oxygen atoms in total. The summed E-state index contributed by atoms with van der Waals surface area (Å²) in [5, 5.41) is 2.44. The fourth-order valence-corrected chi connectivity index (χ4v) is 4.27. The highest BCUT2D eigenvalue weighted by molar-refractivity contribution is 7.10. The number of carbonyl (C=O) groups is 1. The van der Waals surface area contributed by atoms with Gasteiger partial charge in [0.15, 0.2) is 0 Å². The predicted molar refractivity (Wildman–Crippen MR) is 95.8 cm³/mol. The number of rotatable bonds is 5. The molecule has 0 unspecified atom stereocenters. The van der Waals surface area contributed by atoms with Gasteiger partial charge in [0, 0.05) is 28.6 Å². The van der Waals surface area contributed by atoms with Crippen molar-refractivity contribution in [2.75, 3.05) is 20.1 Å². The molecular formula is C18H20ClFN2OS. The monoisotopic (exact) mass is 366 g/mol. The number of thiophene rings is 1. The molecule has 0 N–H and O–H groups in total. The summed E-state index contributed by atoms with van der Waals surface area (Å²) in [6, 6.07) is 8.94. The lowest BCUT2D eigenvalue weighted by Gasteiger charge is -2.26. The smallest absolute Gasteiger partial charge is 0.237 e. The van der Waals surface area contributed by atoms with Crippen LogP contribution in [0.15, 0.2) is 35.7 Å². The van der Waals surface area contributed by atoms with Crippen LogP contribution in [0.2, 0.25) is 5.02 Å². The van der Waals surface area contributed by atoms with E-state index in [-0.39, 0.29) is 24.3 Å². The van der Waals surface area contributed by atoms with Gasteiger partial charge in [-0.15, -0.1) is 11.3 Å². The first-order chi connectivity index (χ1) is 11.6. The van der Waals surface area contributed by atoms with Gasteiger partial charge in [0.05, 0.1) is 12.6 Å². The molecule has 1 aromatic heterocycles. The molecule has 1 aliphatic rings. The van der Waals surface area contributed by atoms with Crippen LogP contribution in [0.3, 0.4) is 0 Å². The molecule has 6 heteroatoms. The Morgan fingerprint density at radius 3 is 2.96 bits per heavy atom. The number of hydrogen-bond donors (Lipinski definition) is 0. The molecule has 0 spiro atoms. The number of benzene rings is 1. The molecule has 1 atom stereocenters. The van der Waals surface area contributed by atoms with Gasteiger partial charge in [-0.2, -0.15) is 0 Å². The van der Waals surface area contributed by atoms with E-state index < -0.39 is 0 Å². The van der Waals surface area contributed by atoms with Crippen molar-refractivity contribution in [2.45, 2.75) is 25.4 Å². The van der Waals surface area contributed by atoms with Crippen LogP contribution in [0.5, 0.6) is 0 Å². The van der Waals surface area contributed by atoms with E-state index in [1.54, 1.807) is 23.5 Å². The summed E-state index contributed by atoms with van der Waals surface area (Å²) in [6.45, 7) is 1.36. The maximum atomic E-state index is 13.9. The molecule has 3 rings (SSSR count). The number of likely N-dealkylation sites (tertiary alicyclic amines) is 1. The van der Waals surface area contributed by atoms with Gasteiger partial charge in [0.25, 0.3) is 0 Å². The summed E-state index contributed by atoms with van der Waals surface area (Å²) in [5.74, 6) is -0.250. The number of halogens is 2. The van der Waals surface area contributed by atoms with Crippen LogP contribution in [0.1, 0.15) is 29.3 Å². The molecular weight excluding hydrogens is 347 g/mol. The Balaban J connectivity index is 1.64. The van der Waals surface area contributed by atoms with Gasteiger partial charge in [0.2, 0.25) is 5.91 Å². The van der Waals surface area contributed by atoms with Gasteiger partial charge in [0.1, 0.15) is 5.82 Å². The highest BCUT2D eigenvalue weighted by Crippen LogP contribution is 2.34. The Morgan fingerprint density at radius 1 is 1.42 bits per heavy atom. The maximum absolute atomic E-state index is 13.9. The zero-order chi connectivity index (χ0) is 17.1. The molecule has 1 saturated heterocycles. The van der Waals surface area contributed by atoms with Crippen LogP contribution in [0.25, 0.3) is 0 Å². The summed E-state index contributed by atoms with van der Waals surface area (Å²) < 4.78 is 13.9. The molecule has 2 aromatic rings. The molecule has 24 heavy (non-hydrogen) atoms. The number of carbonyl (C=O) groups excluding carboxylic acids is 1. The van der Waals surface area contributed by atoms with Crippen LogP contribution in [0, 0.1) is 5.82 Å². The van der Waals surface area contributed by atoms with Crippen molar-refractivity contribution < 1.29 is 9.18 Å². The van der Waals surface area contributed by atoms with E-state index in [4.69, 9.17) is 11.6 Å². The summed E-state index contributed by atoms with van der Waals surface area (Å²) in [6.07, 6.45) is 2.03. The largest absolute Gasteiger partial charge is 0.334 e. The zero-order valence-electron chi connectivity index (χ0n) is 13.5. The van der Waals surface area contributed by atoms with E-state index in [0.717, 1.165) is 19.4 Å². The Labute approximate surface area is 150 Å². The summed E-state index contributed by atoms with van der Waals surface area (Å²) >= 11 is 7.76. The number of amides is 1. The van der Waals surface area contributed by atoms with E-state index in [9.17, 15) is 9.18 Å². The lowest BCUT2D eigenvalue weighted by molar-refractivity contribution is -0.133. The van der Waals surface area contributed by atoms with E-state index in [1.165, 1.54) is 10.9 Å². The average molecular weight is 367 g/mol. The Hall–Kier alpha value is -1.43. The van der Waals surface area contributed by atoms with Crippen LogP contribution >= 0.6 is 22.9 Å². The third-order valence-corrected chi connectivity index (χ3v) is 5.67. The first-order valence-electron chi connectivity index (χ1n) is 8.00. The van der Waals surface area contributed by atoms with Crippen molar-refractivity contribution in [3.63, 3.8) is 0 Å². The fraction of sp³-hybridized carbons (Fsp3) is 0.389. The normalized spacial score (nSPS) is 17.7. The van der Waals surface area contributed by atoms with Crippen LogP contribution in [0.4, 0.5) is 4.39 Å². The highest BCUT2D eigenvalue weighted by Gasteiger charge is 2.30. The second-order valence-electron chi connectivity index (χ2n) is 6.13. The van der Waals surface area contributed by atoms with Gasteiger partial charge < -0.3 is 4.90 Å². The van der Waals surface area contributed by atoms with Gasteiger partial charge >= 0.3 is 0 Å². The lowest BCUT2D eigenvalue weighted by atomic mass is 10.2. The third-order valence-electron chi connectivity index (χ3n) is 4.34. The minimum Gasteiger partial charge on any atom is -0.334 e. The summed E-state index contributed by atoms with van der Waals surface area (Å²) in [4.78, 5) is 17.7. The lowest BCUT2D eigenvalue weighted by Crippen LogP contribution is -2.38.